The molecule has 0 aromatic heterocycles. The van der Waals surface area contributed by atoms with Gasteiger partial charge in [0.05, 0.1) is 0 Å². The van der Waals surface area contributed by atoms with E-state index in [9.17, 15) is 0 Å². The number of rotatable bonds is 8. The van der Waals surface area contributed by atoms with Crippen molar-refractivity contribution in [2.75, 3.05) is 0 Å². The van der Waals surface area contributed by atoms with Crippen LogP contribution in [-0.4, -0.2) is 11.0 Å². The molecular weight excluding hydrogens is 224 g/mol. The molecular formula is C12H28O2Ti. The van der Waals surface area contributed by atoms with Crippen molar-refractivity contribution < 1.29 is 30.1 Å². The van der Waals surface area contributed by atoms with E-state index in [1.54, 1.807) is 9.45 Å². The summed E-state index contributed by atoms with van der Waals surface area (Å²) in [4.78, 5) is 0. The van der Waals surface area contributed by atoms with Gasteiger partial charge in [0.15, 0.2) is 0 Å². The summed E-state index contributed by atoms with van der Waals surface area (Å²) in [6.07, 6.45) is 5.90. The molecule has 0 rings (SSSR count). The Morgan fingerprint density at radius 2 is 1.07 bits per heavy atom. The summed E-state index contributed by atoms with van der Waals surface area (Å²) in [5, 5.41) is 0. The fraction of sp³-hybridized carbons (Fsp3) is 1.00. The van der Waals surface area contributed by atoms with Crippen molar-refractivity contribution in [2.24, 2.45) is 11.8 Å². The van der Waals surface area contributed by atoms with Crippen LogP contribution >= 0.6 is 0 Å². The molecule has 0 radical (unpaired) electrons. The number of hydrogen-bond donors (Lipinski definition) is 0. The summed E-state index contributed by atoms with van der Waals surface area (Å²) in [6, 6.07) is 0. The van der Waals surface area contributed by atoms with Gasteiger partial charge >= 0.3 is 93.8 Å². The van der Waals surface area contributed by atoms with Gasteiger partial charge in [-0.25, -0.2) is 0 Å². The van der Waals surface area contributed by atoms with Crippen LogP contribution in [0, 0.1) is 11.8 Å². The van der Waals surface area contributed by atoms with Crippen LogP contribution in [0.5, 0.6) is 0 Å². The zero-order valence-corrected chi connectivity index (χ0v) is 12.4. The molecule has 0 aliphatic heterocycles. The van der Waals surface area contributed by atoms with E-state index >= 15 is 0 Å². The summed E-state index contributed by atoms with van der Waals surface area (Å²) in [5.74, 6) is 1.84. The monoisotopic (exact) mass is 252 g/mol. The zero-order valence-electron chi connectivity index (χ0n) is 10.8. The van der Waals surface area contributed by atoms with E-state index in [-0.39, 0.29) is 11.0 Å². The molecule has 2 nitrogen and oxygen atoms in total. The van der Waals surface area contributed by atoms with Gasteiger partial charge in [0.1, 0.15) is 0 Å². The van der Waals surface area contributed by atoms with Gasteiger partial charge in [0.2, 0.25) is 0 Å². The molecule has 0 aliphatic carbocycles. The van der Waals surface area contributed by atoms with Crippen LogP contribution in [-0.2, 0) is 19.2 Å². The Hall–Kier alpha value is 0.634. The van der Waals surface area contributed by atoms with Crippen LogP contribution in [0.2, 0.25) is 9.45 Å². The normalized spacial score (nSPS) is 9.47. The SMILES string of the molecule is CC(C)CC[CH2][Ti+2][CH2]CCC(C)C.[OH-].[OH-]. The van der Waals surface area contributed by atoms with E-state index < -0.39 is 0 Å². The third-order valence-electron chi connectivity index (χ3n) is 2.27. The first-order chi connectivity index (χ1) is 6.13. The van der Waals surface area contributed by atoms with Crippen LogP contribution in [0.3, 0.4) is 0 Å². The van der Waals surface area contributed by atoms with Crippen molar-refractivity contribution in [3.8, 4) is 0 Å². The molecule has 0 fully saturated rings. The molecule has 15 heavy (non-hydrogen) atoms. The van der Waals surface area contributed by atoms with Crippen LogP contribution in [0.15, 0.2) is 0 Å². The first kappa shape index (κ1) is 21.0. The van der Waals surface area contributed by atoms with Gasteiger partial charge in [0.25, 0.3) is 0 Å². The maximum Gasteiger partial charge on any atom is -0.870 e. The summed E-state index contributed by atoms with van der Waals surface area (Å²) < 4.78 is 3.16. The summed E-state index contributed by atoms with van der Waals surface area (Å²) >= 11 is 0.439. The van der Waals surface area contributed by atoms with Gasteiger partial charge in [-0.1, -0.05) is 0 Å². The quantitative estimate of drug-likeness (QED) is 0.474. The first-order valence-corrected chi connectivity index (χ1v) is 8.04. The van der Waals surface area contributed by atoms with Gasteiger partial charge in [-0.05, 0) is 0 Å². The molecule has 3 heteroatoms. The van der Waals surface area contributed by atoms with Gasteiger partial charge in [-0.3, -0.25) is 0 Å². The van der Waals surface area contributed by atoms with Crippen molar-refractivity contribution in [3.63, 3.8) is 0 Å². The Kier molecular flexibility index (Phi) is 20.5. The smallest absolute Gasteiger partial charge is 0.870 e. The standard InChI is InChI=1S/2C6H13.2H2O.Ti/c2*1-4-5-6(2)3;;;/h2*6H,1,4-5H2,2-3H3;2*1H2;/q;;;;+2/p-2. The number of hydrogen-bond acceptors (Lipinski definition) is 2. The molecule has 0 spiro atoms. The van der Waals surface area contributed by atoms with E-state index in [4.69, 9.17) is 0 Å². The molecule has 92 valence electrons. The van der Waals surface area contributed by atoms with E-state index in [2.05, 4.69) is 27.7 Å². The van der Waals surface area contributed by atoms with Gasteiger partial charge in [0, 0.05) is 0 Å². The summed E-state index contributed by atoms with van der Waals surface area (Å²) in [6.45, 7) is 9.33. The summed E-state index contributed by atoms with van der Waals surface area (Å²) in [5.41, 5.74) is 0. The molecule has 0 amide bonds. The largest absolute Gasteiger partial charge is 0.870 e. The van der Waals surface area contributed by atoms with Crippen LogP contribution in [0.4, 0.5) is 0 Å². The first-order valence-electron chi connectivity index (χ1n) is 5.83. The average molecular weight is 252 g/mol. The minimum Gasteiger partial charge on any atom is -0.870 e. The van der Waals surface area contributed by atoms with E-state index in [1.165, 1.54) is 25.7 Å². The molecule has 0 saturated heterocycles. The van der Waals surface area contributed by atoms with E-state index in [0.29, 0.717) is 19.2 Å². The molecule has 0 aromatic carbocycles. The minimum absolute atomic E-state index is 0. The second-order valence-electron chi connectivity index (χ2n) is 4.82. The van der Waals surface area contributed by atoms with Crippen molar-refractivity contribution in [3.05, 3.63) is 0 Å². The van der Waals surface area contributed by atoms with Crippen LogP contribution in [0.25, 0.3) is 0 Å². The van der Waals surface area contributed by atoms with Gasteiger partial charge < -0.3 is 11.0 Å². The molecule has 0 aliphatic rings. The average Bonchev–Trinajstić information content (AvgIpc) is 2.01. The van der Waals surface area contributed by atoms with Crippen molar-refractivity contribution in [2.45, 2.75) is 62.8 Å². The van der Waals surface area contributed by atoms with Crippen molar-refractivity contribution in [1.82, 2.24) is 0 Å². The minimum atomic E-state index is 0. The Bertz CT molecular complexity index is 93.8. The topological polar surface area (TPSA) is 60.0 Å². The second-order valence-corrected chi connectivity index (χ2v) is 7.16. The Morgan fingerprint density at radius 3 is 1.33 bits per heavy atom. The zero-order chi connectivity index (χ0) is 10.1. The van der Waals surface area contributed by atoms with E-state index in [0.717, 1.165) is 11.8 Å². The van der Waals surface area contributed by atoms with E-state index in [1.807, 2.05) is 0 Å². The van der Waals surface area contributed by atoms with Gasteiger partial charge in [-0.2, -0.15) is 0 Å². The Morgan fingerprint density at radius 1 is 0.733 bits per heavy atom. The Labute approximate surface area is 105 Å². The molecule has 0 aromatic rings. The Balaban J connectivity index is -0.000000720. The van der Waals surface area contributed by atoms with Gasteiger partial charge in [-0.15, -0.1) is 0 Å². The predicted molar refractivity (Wildman–Crippen MR) is 61.6 cm³/mol. The second kappa shape index (κ2) is 14.6. The summed E-state index contributed by atoms with van der Waals surface area (Å²) in [7, 11) is 0. The predicted octanol–water partition coefficient (Wildman–Crippen LogP) is 4.42. The molecule has 2 N–H and O–H groups in total. The van der Waals surface area contributed by atoms with Crippen LogP contribution < -0.4 is 0 Å². The fourth-order valence-electron chi connectivity index (χ4n) is 1.40. The maximum atomic E-state index is 2.33. The van der Waals surface area contributed by atoms with Crippen molar-refractivity contribution in [1.29, 1.82) is 0 Å². The maximum absolute atomic E-state index is 2.33. The molecule has 0 heterocycles. The molecule has 0 bridgehead atoms. The fourth-order valence-corrected chi connectivity index (χ4v) is 3.20. The molecule has 0 unspecified atom stereocenters. The third-order valence-corrected chi connectivity index (χ3v) is 4.48. The molecule has 0 saturated carbocycles. The van der Waals surface area contributed by atoms with Crippen molar-refractivity contribution >= 4 is 0 Å². The third kappa shape index (κ3) is 20.7. The van der Waals surface area contributed by atoms with Crippen LogP contribution in [0.1, 0.15) is 53.4 Å². The molecule has 0 atom stereocenters.